The first-order valence-electron chi connectivity index (χ1n) is 7.54. The smallest absolute Gasteiger partial charge is 0.407 e. The van der Waals surface area contributed by atoms with Crippen LogP contribution in [-0.2, 0) is 20.9 Å². The van der Waals surface area contributed by atoms with Crippen LogP contribution in [0.5, 0.6) is 0 Å². The van der Waals surface area contributed by atoms with Crippen molar-refractivity contribution in [3.8, 4) is 0 Å². The van der Waals surface area contributed by atoms with Gasteiger partial charge in [-0.2, -0.15) is 0 Å². The van der Waals surface area contributed by atoms with Gasteiger partial charge < -0.3 is 20.7 Å². The number of alkyl carbamates (subject to hydrolysis) is 1. The highest BCUT2D eigenvalue weighted by Gasteiger charge is 2.15. The molecule has 1 unspecified atom stereocenters. The van der Waals surface area contributed by atoms with Gasteiger partial charge in [0.15, 0.2) is 0 Å². The van der Waals surface area contributed by atoms with E-state index in [0.29, 0.717) is 6.54 Å². The molecule has 0 aliphatic rings. The van der Waals surface area contributed by atoms with Gasteiger partial charge >= 0.3 is 6.09 Å². The second kappa shape index (κ2) is 10.2. The van der Waals surface area contributed by atoms with Crippen LogP contribution in [-0.4, -0.2) is 37.0 Å². The largest absolute Gasteiger partial charge is 0.445 e. The summed E-state index contributed by atoms with van der Waals surface area (Å²) in [7, 11) is 0. The predicted octanol–water partition coefficient (Wildman–Crippen LogP) is 0.944. The van der Waals surface area contributed by atoms with Crippen LogP contribution in [0.4, 0.5) is 4.79 Å². The van der Waals surface area contributed by atoms with E-state index in [1.807, 2.05) is 37.3 Å². The molecule has 0 aromatic heterocycles. The van der Waals surface area contributed by atoms with E-state index in [1.54, 1.807) is 6.92 Å². The number of benzene rings is 1. The molecule has 1 rings (SSSR count). The highest BCUT2D eigenvalue weighted by molar-refractivity contribution is 5.89. The van der Waals surface area contributed by atoms with E-state index in [4.69, 9.17) is 4.74 Å². The molecule has 0 spiro atoms. The number of rotatable bonds is 8. The van der Waals surface area contributed by atoms with E-state index in [0.717, 1.165) is 12.0 Å². The standard InChI is InChI=1S/C16H23N3O4/c1-3-9-17-15(21)12(2)19-14(20)10-18-16(22)23-11-13-7-5-4-6-8-13/h4-8,12H,3,9-11H2,1-2H3,(H,17,21)(H,18,22)(H,19,20). The lowest BCUT2D eigenvalue weighted by atomic mass is 10.2. The number of hydrogen-bond donors (Lipinski definition) is 3. The molecule has 0 aliphatic carbocycles. The zero-order valence-electron chi connectivity index (χ0n) is 13.4. The van der Waals surface area contributed by atoms with E-state index in [1.165, 1.54) is 0 Å². The quantitative estimate of drug-likeness (QED) is 0.664. The van der Waals surface area contributed by atoms with Crippen molar-refractivity contribution in [1.82, 2.24) is 16.0 Å². The molecule has 23 heavy (non-hydrogen) atoms. The number of amides is 3. The van der Waals surface area contributed by atoms with Gasteiger partial charge in [-0.3, -0.25) is 9.59 Å². The second-order valence-corrected chi connectivity index (χ2v) is 5.00. The van der Waals surface area contributed by atoms with Crippen LogP contribution in [0.15, 0.2) is 30.3 Å². The summed E-state index contributed by atoms with van der Waals surface area (Å²) in [5, 5.41) is 7.51. The topological polar surface area (TPSA) is 96.5 Å². The monoisotopic (exact) mass is 321 g/mol. The van der Waals surface area contributed by atoms with Crippen molar-refractivity contribution in [3.63, 3.8) is 0 Å². The molecule has 0 radical (unpaired) electrons. The molecule has 7 nitrogen and oxygen atoms in total. The highest BCUT2D eigenvalue weighted by atomic mass is 16.5. The van der Waals surface area contributed by atoms with Crippen LogP contribution in [0.2, 0.25) is 0 Å². The Morgan fingerprint density at radius 3 is 2.48 bits per heavy atom. The normalized spacial score (nSPS) is 11.2. The summed E-state index contributed by atoms with van der Waals surface area (Å²) < 4.78 is 4.97. The Morgan fingerprint density at radius 1 is 1.13 bits per heavy atom. The first kappa shape index (κ1) is 18.5. The second-order valence-electron chi connectivity index (χ2n) is 5.00. The lowest BCUT2D eigenvalue weighted by Crippen LogP contribution is -2.48. The number of ether oxygens (including phenoxy) is 1. The van der Waals surface area contributed by atoms with E-state index in [2.05, 4.69) is 16.0 Å². The van der Waals surface area contributed by atoms with Crippen LogP contribution in [0.3, 0.4) is 0 Å². The fourth-order valence-electron chi connectivity index (χ4n) is 1.69. The van der Waals surface area contributed by atoms with Crippen LogP contribution >= 0.6 is 0 Å². The van der Waals surface area contributed by atoms with E-state index >= 15 is 0 Å². The summed E-state index contributed by atoms with van der Waals surface area (Å²) in [6.07, 6.45) is 0.133. The molecule has 126 valence electrons. The molecular weight excluding hydrogens is 298 g/mol. The van der Waals surface area contributed by atoms with Gasteiger partial charge in [-0.1, -0.05) is 37.3 Å². The number of carbonyl (C=O) groups is 3. The molecule has 0 heterocycles. The molecule has 3 N–H and O–H groups in total. The summed E-state index contributed by atoms with van der Waals surface area (Å²) in [6, 6.07) is 8.55. The molecule has 1 aromatic rings. The molecule has 0 fully saturated rings. The number of nitrogens with one attached hydrogen (secondary N) is 3. The van der Waals surface area contributed by atoms with Gasteiger partial charge in [0.2, 0.25) is 11.8 Å². The van der Waals surface area contributed by atoms with E-state index in [-0.39, 0.29) is 19.1 Å². The van der Waals surface area contributed by atoms with Crippen LogP contribution < -0.4 is 16.0 Å². The van der Waals surface area contributed by atoms with Crippen molar-refractivity contribution in [2.75, 3.05) is 13.1 Å². The summed E-state index contributed by atoms with van der Waals surface area (Å²) in [6.45, 7) is 3.96. The van der Waals surface area contributed by atoms with Gasteiger partial charge in [0.1, 0.15) is 19.2 Å². The van der Waals surface area contributed by atoms with Gasteiger partial charge in [0, 0.05) is 6.54 Å². The Hall–Kier alpha value is -2.57. The molecule has 7 heteroatoms. The van der Waals surface area contributed by atoms with Crippen molar-refractivity contribution >= 4 is 17.9 Å². The molecule has 0 saturated carbocycles. The van der Waals surface area contributed by atoms with Crippen molar-refractivity contribution in [2.24, 2.45) is 0 Å². The Balaban J connectivity index is 2.22. The number of hydrogen-bond acceptors (Lipinski definition) is 4. The maximum atomic E-state index is 11.6. The average Bonchev–Trinajstić information content (AvgIpc) is 2.56. The van der Waals surface area contributed by atoms with Gasteiger partial charge in [0.05, 0.1) is 0 Å². The van der Waals surface area contributed by atoms with Crippen LogP contribution in [0, 0.1) is 0 Å². The first-order valence-corrected chi connectivity index (χ1v) is 7.54. The molecule has 0 aliphatic heterocycles. The summed E-state index contributed by atoms with van der Waals surface area (Å²) in [4.78, 5) is 34.7. The molecule has 1 atom stereocenters. The zero-order valence-corrected chi connectivity index (χ0v) is 13.4. The van der Waals surface area contributed by atoms with Crippen molar-refractivity contribution in [1.29, 1.82) is 0 Å². The molecule has 0 bridgehead atoms. The maximum Gasteiger partial charge on any atom is 0.407 e. The Kier molecular flexibility index (Phi) is 8.20. The Morgan fingerprint density at radius 2 is 1.83 bits per heavy atom. The highest BCUT2D eigenvalue weighted by Crippen LogP contribution is 2.00. The van der Waals surface area contributed by atoms with Crippen molar-refractivity contribution in [2.45, 2.75) is 32.9 Å². The third kappa shape index (κ3) is 7.85. The molecule has 0 saturated heterocycles. The summed E-state index contributed by atoms with van der Waals surface area (Å²) in [5.41, 5.74) is 0.855. The third-order valence-electron chi connectivity index (χ3n) is 2.93. The maximum absolute atomic E-state index is 11.6. The minimum absolute atomic E-state index is 0.129. The van der Waals surface area contributed by atoms with Gasteiger partial charge in [-0.05, 0) is 18.9 Å². The predicted molar refractivity (Wildman–Crippen MR) is 85.5 cm³/mol. The van der Waals surface area contributed by atoms with E-state index < -0.39 is 18.0 Å². The van der Waals surface area contributed by atoms with Gasteiger partial charge in [-0.25, -0.2) is 4.79 Å². The minimum Gasteiger partial charge on any atom is -0.445 e. The molecular formula is C16H23N3O4. The lowest BCUT2D eigenvalue weighted by molar-refractivity contribution is -0.128. The minimum atomic E-state index is -0.688. The fourth-order valence-corrected chi connectivity index (χ4v) is 1.69. The van der Waals surface area contributed by atoms with Gasteiger partial charge in [-0.15, -0.1) is 0 Å². The Bertz CT molecular complexity index is 519. The molecule has 3 amide bonds. The van der Waals surface area contributed by atoms with Crippen molar-refractivity contribution < 1.29 is 19.1 Å². The zero-order chi connectivity index (χ0) is 17.1. The summed E-state index contributed by atoms with van der Waals surface area (Å²) >= 11 is 0. The van der Waals surface area contributed by atoms with Crippen LogP contribution in [0.25, 0.3) is 0 Å². The number of carbonyl (C=O) groups excluding carboxylic acids is 3. The average molecular weight is 321 g/mol. The van der Waals surface area contributed by atoms with Gasteiger partial charge in [0.25, 0.3) is 0 Å². The molecule has 1 aromatic carbocycles. The Labute approximate surface area is 135 Å². The lowest BCUT2D eigenvalue weighted by Gasteiger charge is -2.14. The first-order chi connectivity index (χ1) is 11.0. The summed E-state index contributed by atoms with van der Waals surface area (Å²) in [5.74, 6) is -0.715. The van der Waals surface area contributed by atoms with E-state index in [9.17, 15) is 14.4 Å². The SMILES string of the molecule is CCCNC(=O)C(C)NC(=O)CNC(=O)OCc1ccccc1. The van der Waals surface area contributed by atoms with Crippen LogP contribution in [0.1, 0.15) is 25.8 Å². The third-order valence-corrected chi connectivity index (χ3v) is 2.93. The fraction of sp³-hybridized carbons (Fsp3) is 0.438. The van der Waals surface area contributed by atoms with Crippen molar-refractivity contribution in [3.05, 3.63) is 35.9 Å².